The van der Waals surface area contributed by atoms with Crippen LogP contribution in [-0.4, -0.2) is 17.7 Å². The summed E-state index contributed by atoms with van der Waals surface area (Å²) in [5, 5.41) is 2.58. The predicted octanol–water partition coefficient (Wildman–Crippen LogP) is 2.61. The van der Waals surface area contributed by atoms with Crippen molar-refractivity contribution in [1.82, 2.24) is 0 Å². The van der Waals surface area contributed by atoms with Crippen LogP contribution in [0.3, 0.4) is 0 Å². The van der Waals surface area contributed by atoms with E-state index >= 15 is 0 Å². The average Bonchev–Trinajstić information content (AvgIpc) is 2.29. The molecule has 1 fully saturated rings. The zero-order valence-electron chi connectivity index (χ0n) is 10.7. The molecule has 0 aromatic heterocycles. The van der Waals surface area contributed by atoms with Crippen LogP contribution in [0.5, 0.6) is 0 Å². The van der Waals surface area contributed by atoms with E-state index in [1.165, 1.54) is 32.0 Å². The Labute approximate surface area is 119 Å². The first-order chi connectivity index (χ1) is 9.30. The van der Waals surface area contributed by atoms with Crippen molar-refractivity contribution in [3.05, 3.63) is 40.8 Å². The molecule has 0 aliphatic carbocycles. The molecule has 1 aliphatic rings. The third-order valence-electron chi connectivity index (χ3n) is 2.44. The second kappa shape index (κ2) is 5.13. The standard InChI is InChI=1S/C13H11ClFNO4/c1-13(2)19-11(17)7(12(18)20-13)6-16-10-8(14)4-3-5-9(10)15/h3-6,16H,1-2H3. The van der Waals surface area contributed by atoms with Crippen molar-refractivity contribution >= 4 is 29.2 Å². The summed E-state index contributed by atoms with van der Waals surface area (Å²) >= 11 is 5.80. The monoisotopic (exact) mass is 299 g/mol. The van der Waals surface area contributed by atoms with E-state index in [9.17, 15) is 14.0 Å². The molecule has 1 saturated heterocycles. The highest BCUT2D eigenvalue weighted by Crippen LogP contribution is 2.26. The SMILES string of the molecule is CC1(C)OC(=O)C(=CNc2c(F)cccc2Cl)C(=O)O1. The van der Waals surface area contributed by atoms with Crippen LogP contribution in [0.1, 0.15) is 13.8 Å². The van der Waals surface area contributed by atoms with Crippen molar-refractivity contribution in [1.29, 1.82) is 0 Å². The molecule has 0 radical (unpaired) electrons. The number of esters is 2. The zero-order valence-corrected chi connectivity index (χ0v) is 11.5. The van der Waals surface area contributed by atoms with Crippen molar-refractivity contribution < 1.29 is 23.5 Å². The van der Waals surface area contributed by atoms with E-state index in [-0.39, 0.29) is 16.3 Å². The number of para-hydroxylation sites is 1. The molecule has 1 aliphatic heterocycles. The van der Waals surface area contributed by atoms with E-state index in [1.54, 1.807) is 0 Å². The zero-order chi connectivity index (χ0) is 14.9. The van der Waals surface area contributed by atoms with E-state index in [0.717, 1.165) is 6.20 Å². The number of carbonyl (C=O) groups excluding carboxylic acids is 2. The maximum absolute atomic E-state index is 13.5. The normalized spacial score (nSPS) is 17.3. The molecular weight excluding hydrogens is 289 g/mol. The maximum Gasteiger partial charge on any atom is 0.350 e. The Morgan fingerprint density at radius 3 is 2.40 bits per heavy atom. The smallest absolute Gasteiger partial charge is 0.350 e. The lowest BCUT2D eigenvalue weighted by atomic mass is 10.2. The van der Waals surface area contributed by atoms with Gasteiger partial charge in [0.1, 0.15) is 5.82 Å². The molecule has 0 unspecified atom stereocenters. The number of carbonyl (C=O) groups is 2. The second-order valence-corrected chi connectivity index (χ2v) is 4.89. The van der Waals surface area contributed by atoms with E-state index in [0.29, 0.717) is 0 Å². The van der Waals surface area contributed by atoms with Crippen molar-refractivity contribution in [3.63, 3.8) is 0 Å². The number of anilines is 1. The highest BCUT2D eigenvalue weighted by atomic mass is 35.5. The van der Waals surface area contributed by atoms with Gasteiger partial charge in [-0.1, -0.05) is 17.7 Å². The lowest BCUT2D eigenvalue weighted by molar-refractivity contribution is -0.222. The lowest BCUT2D eigenvalue weighted by Gasteiger charge is -2.29. The van der Waals surface area contributed by atoms with Crippen LogP contribution in [0.2, 0.25) is 5.02 Å². The van der Waals surface area contributed by atoms with E-state index in [1.807, 2.05) is 0 Å². The molecule has 20 heavy (non-hydrogen) atoms. The number of rotatable bonds is 2. The molecule has 1 heterocycles. The fourth-order valence-corrected chi connectivity index (χ4v) is 1.78. The summed E-state index contributed by atoms with van der Waals surface area (Å²) in [4.78, 5) is 23.3. The third kappa shape index (κ3) is 2.91. The van der Waals surface area contributed by atoms with Gasteiger partial charge in [0.05, 0.1) is 10.7 Å². The highest BCUT2D eigenvalue weighted by molar-refractivity contribution is 6.33. The van der Waals surface area contributed by atoms with Gasteiger partial charge in [-0.3, -0.25) is 0 Å². The summed E-state index contributed by atoms with van der Waals surface area (Å²) in [6.07, 6.45) is 1.00. The van der Waals surface area contributed by atoms with Crippen molar-refractivity contribution in [2.45, 2.75) is 19.6 Å². The Hall–Kier alpha value is -2.08. The van der Waals surface area contributed by atoms with Crippen LogP contribution in [0.15, 0.2) is 30.0 Å². The number of cyclic esters (lactones) is 2. The molecule has 106 valence electrons. The van der Waals surface area contributed by atoms with E-state index < -0.39 is 23.5 Å². The van der Waals surface area contributed by atoms with Gasteiger partial charge in [0.2, 0.25) is 0 Å². The summed E-state index contributed by atoms with van der Waals surface area (Å²) in [6, 6.07) is 4.08. The van der Waals surface area contributed by atoms with Gasteiger partial charge in [0.15, 0.2) is 5.57 Å². The summed E-state index contributed by atoms with van der Waals surface area (Å²) in [7, 11) is 0. The van der Waals surface area contributed by atoms with E-state index in [4.69, 9.17) is 21.1 Å². The third-order valence-corrected chi connectivity index (χ3v) is 2.76. The van der Waals surface area contributed by atoms with Gasteiger partial charge in [0.25, 0.3) is 5.79 Å². The molecular formula is C13H11ClFNO4. The van der Waals surface area contributed by atoms with Crippen LogP contribution in [0.4, 0.5) is 10.1 Å². The minimum atomic E-state index is -1.32. The van der Waals surface area contributed by atoms with Crippen LogP contribution in [0, 0.1) is 5.82 Å². The number of halogens is 2. The Kier molecular flexibility index (Phi) is 3.67. The lowest BCUT2D eigenvalue weighted by Crippen LogP contribution is -2.42. The van der Waals surface area contributed by atoms with Gasteiger partial charge in [-0.05, 0) is 12.1 Å². The van der Waals surface area contributed by atoms with Crippen molar-refractivity contribution in [3.8, 4) is 0 Å². The highest BCUT2D eigenvalue weighted by Gasteiger charge is 2.38. The number of hydrogen-bond donors (Lipinski definition) is 1. The number of ether oxygens (including phenoxy) is 2. The summed E-state index contributed by atoms with van der Waals surface area (Å²) in [5.74, 6) is -3.65. The molecule has 1 aromatic carbocycles. The molecule has 1 aromatic rings. The summed E-state index contributed by atoms with van der Waals surface area (Å²) in [5.41, 5.74) is -0.421. The van der Waals surface area contributed by atoms with Crippen molar-refractivity contribution in [2.75, 3.05) is 5.32 Å². The Bertz CT molecular complexity index is 570. The van der Waals surface area contributed by atoms with Crippen molar-refractivity contribution in [2.24, 2.45) is 0 Å². The Morgan fingerprint density at radius 1 is 1.25 bits per heavy atom. The first-order valence-electron chi connectivity index (χ1n) is 5.67. The second-order valence-electron chi connectivity index (χ2n) is 4.48. The molecule has 0 atom stereocenters. The minimum Gasteiger partial charge on any atom is -0.419 e. The molecule has 2 rings (SSSR count). The van der Waals surface area contributed by atoms with E-state index in [2.05, 4.69) is 5.32 Å². The minimum absolute atomic E-state index is 0.0490. The number of hydrogen-bond acceptors (Lipinski definition) is 5. The number of benzene rings is 1. The van der Waals surface area contributed by atoms with Crippen LogP contribution < -0.4 is 5.32 Å². The first kappa shape index (κ1) is 14.3. The quantitative estimate of drug-likeness (QED) is 0.516. The molecule has 7 heteroatoms. The van der Waals surface area contributed by atoms with Crippen LogP contribution in [0.25, 0.3) is 0 Å². The van der Waals surface area contributed by atoms with Gasteiger partial charge in [-0.2, -0.15) is 0 Å². The predicted molar refractivity (Wildman–Crippen MR) is 69.4 cm³/mol. The fourth-order valence-electron chi connectivity index (χ4n) is 1.56. The summed E-state index contributed by atoms with van der Waals surface area (Å²) in [6.45, 7) is 2.86. The topological polar surface area (TPSA) is 64.6 Å². The number of nitrogens with one attached hydrogen (secondary N) is 1. The summed E-state index contributed by atoms with van der Waals surface area (Å²) < 4.78 is 23.3. The molecule has 0 amide bonds. The van der Waals surface area contributed by atoms with Gasteiger partial charge in [-0.25, -0.2) is 14.0 Å². The van der Waals surface area contributed by atoms with Gasteiger partial charge in [0, 0.05) is 20.0 Å². The Morgan fingerprint density at radius 2 is 1.85 bits per heavy atom. The van der Waals surface area contributed by atoms with Gasteiger partial charge in [-0.15, -0.1) is 0 Å². The molecule has 5 nitrogen and oxygen atoms in total. The fraction of sp³-hybridized carbons (Fsp3) is 0.231. The molecule has 0 bridgehead atoms. The molecule has 1 N–H and O–H groups in total. The Balaban J connectivity index is 2.24. The van der Waals surface area contributed by atoms with Gasteiger partial charge >= 0.3 is 11.9 Å². The van der Waals surface area contributed by atoms with Crippen LogP contribution >= 0.6 is 11.6 Å². The molecule has 0 saturated carbocycles. The maximum atomic E-state index is 13.5. The average molecular weight is 300 g/mol. The molecule has 0 spiro atoms. The first-order valence-corrected chi connectivity index (χ1v) is 6.05. The van der Waals surface area contributed by atoms with Gasteiger partial charge < -0.3 is 14.8 Å². The largest absolute Gasteiger partial charge is 0.419 e. The van der Waals surface area contributed by atoms with Crippen LogP contribution in [-0.2, 0) is 19.1 Å².